The standard InChI is InChI=1S/C14H14ClFN2O/c15-14-6-5-10(8-18-14)7-17-9-13(19)11-3-1-2-4-12(11)16/h1-6,8,13,17,19H,7,9H2. The molecular weight excluding hydrogens is 267 g/mol. The molecule has 5 heteroatoms. The largest absolute Gasteiger partial charge is 0.387 e. The van der Waals surface area contributed by atoms with Crippen molar-refractivity contribution in [2.45, 2.75) is 12.6 Å². The topological polar surface area (TPSA) is 45.1 Å². The number of benzene rings is 1. The fourth-order valence-corrected chi connectivity index (χ4v) is 1.83. The quantitative estimate of drug-likeness (QED) is 0.828. The van der Waals surface area contributed by atoms with Crippen LogP contribution in [0.25, 0.3) is 0 Å². The van der Waals surface area contributed by atoms with E-state index in [4.69, 9.17) is 11.6 Å². The summed E-state index contributed by atoms with van der Waals surface area (Å²) in [4.78, 5) is 3.95. The predicted molar refractivity (Wildman–Crippen MR) is 72.3 cm³/mol. The Kier molecular flexibility index (Phi) is 4.85. The van der Waals surface area contributed by atoms with Gasteiger partial charge >= 0.3 is 0 Å². The van der Waals surface area contributed by atoms with Gasteiger partial charge in [0.15, 0.2) is 0 Å². The third-order valence-corrected chi connectivity index (χ3v) is 2.94. The van der Waals surface area contributed by atoms with Crippen LogP contribution in [0.1, 0.15) is 17.2 Å². The van der Waals surface area contributed by atoms with Crippen LogP contribution < -0.4 is 5.32 Å². The van der Waals surface area contributed by atoms with Crippen molar-refractivity contribution in [1.29, 1.82) is 0 Å². The number of nitrogens with zero attached hydrogens (tertiary/aromatic N) is 1. The number of aromatic nitrogens is 1. The summed E-state index contributed by atoms with van der Waals surface area (Å²) < 4.78 is 13.4. The van der Waals surface area contributed by atoms with Crippen molar-refractivity contribution < 1.29 is 9.50 Å². The van der Waals surface area contributed by atoms with Crippen molar-refractivity contribution >= 4 is 11.6 Å². The van der Waals surface area contributed by atoms with Gasteiger partial charge in [-0.1, -0.05) is 35.9 Å². The first-order valence-corrected chi connectivity index (χ1v) is 6.28. The Morgan fingerprint density at radius 1 is 1.26 bits per heavy atom. The fourth-order valence-electron chi connectivity index (χ4n) is 1.72. The number of hydrogen-bond donors (Lipinski definition) is 2. The maximum absolute atomic E-state index is 13.4. The summed E-state index contributed by atoms with van der Waals surface area (Å²) in [5.74, 6) is -0.398. The highest BCUT2D eigenvalue weighted by molar-refractivity contribution is 6.29. The average molecular weight is 281 g/mol. The molecule has 0 bridgehead atoms. The Balaban J connectivity index is 1.86. The van der Waals surface area contributed by atoms with Gasteiger partial charge in [-0.05, 0) is 17.7 Å². The minimum Gasteiger partial charge on any atom is -0.387 e. The van der Waals surface area contributed by atoms with Crippen LogP contribution >= 0.6 is 11.6 Å². The molecule has 1 aromatic carbocycles. The zero-order chi connectivity index (χ0) is 13.7. The van der Waals surface area contributed by atoms with E-state index in [0.717, 1.165) is 5.56 Å². The molecule has 1 unspecified atom stereocenters. The van der Waals surface area contributed by atoms with Crippen molar-refractivity contribution in [3.63, 3.8) is 0 Å². The van der Waals surface area contributed by atoms with Crippen LogP contribution in [0.3, 0.4) is 0 Å². The highest BCUT2D eigenvalue weighted by Crippen LogP contribution is 2.15. The van der Waals surface area contributed by atoms with Gasteiger partial charge in [0.1, 0.15) is 11.0 Å². The van der Waals surface area contributed by atoms with Crippen LogP contribution in [-0.4, -0.2) is 16.6 Å². The molecule has 1 heterocycles. The van der Waals surface area contributed by atoms with Gasteiger partial charge in [0.05, 0.1) is 6.10 Å². The van der Waals surface area contributed by atoms with Crippen molar-refractivity contribution in [1.82, 2.24) is 10.3 Å². The van der Waals surface area contributed by atoms with E-state index < -0.39 is 11.9 Å². The molecule has 3 nitrogen and oxygen atoms in total. The molecule has 1 atom stereocenters. The maximum atomic E-state index is 13.4. The average Bonchev–Trinajstić information content (AvgIpc) is 2.41. The Bertz CT molecular complexity index is 533. The molecule has 0 spiro atoms. The normalized spacial score (nSPS) is 12.4. The van der Waals surface area contributed by atoms with Crippen LogP contribution in [0.2, 0.25) is 5.15 Å². The van der Waals surface area contributed by atoms with E-state index in [0.29, 0.717) is 17.3 Å². The van der Waals surface area contributed by atoms with Crippen molar-refractivity contribution in [3.05, 3.63) is 64.7 Å². The molecular formula is C14H14ClFN2O. The molecule has 0 amide bonds. The number of nitrogens with one attached hydrogen (secondary N) is 1. The Morgan fingerprint density at radius 2 is 2.05 bits per heavy atom. The van der Waals surface area contributed by atoms with E-state index >= 15 is 0 Å². The summed E-state index contributed by atoms with van der Waals surface area (Å²) >= 11 is 5.68. The van der Waals surface area contributed by atoms with Crippen molar-refractivity contribution in [3.8, 4) is 0 Å². The third-order valence-electron chi connectivity index (χ3n) is 2.72. The molecule has 0 aliphatic heterocycles. The predicted octanol–water partition coefficient (Wildman–Crippen LogP) is 2.70. The first-order chi connectivity index (χ1) is 9.16. The van der Waals surface area contributed by atoms with Crippen LogP contribution in [0, 0.1) is 5.82 Å². The molecule has 0 saturated carbocycles. The second-order valence-electron chi connectivity index (χ2n) is 4.16. The molecule has 0 fully saturated rings. The number of pyridine rings is 1. The van der Waals surface area contributed by atoms with Gasteiger partial charge in [-0.3, -0.25) is 0 Å². The lowest BCUT2D eigenvalue weighted by Gasteiger charge is -2.12. The van der Waals surface area contributed by atoms with Gasteiger partial charge < -0.3 is 10.4 Å². The molecule has 0 aliphatic carbocycles. The first-order valence-electron chi connectivity index (χ1n) is 5.90. The number of aliphatic hydroxyl groups excluding tert-OH is 1. The van der Waals surface area contributed by atoms with Crippen LogP contribution in [-0.2, 0) is 6.54 Å². The molecule has 0 aliphatic rings. The zero-order valence-corrected chi connectivity index (χ0v) is 10.9. The van der Waals surface area contributed by atoms with Crippen LogP contribution in [0.4, 0.5) is 4.39 Å². The highest BCUT2D eigenvalue weighted by atomic mass is 35.5. The molecule has 0 radical (unpaired) electrons. The summed E-state index contributed by atoms with van der Waals surface area (Å²) in [6.45, 7) is 0.805. The molecule has 2 rings (SSSR count). The third kappa shape index (κ3) is 3.99. The van der Waals surface area contributed by atoms with Gasteiger partial charge in [0.2, 0.25) is 0 Å². The Hall–Kier alpha value is -1.49. The molecule has 19 heavy (non-hydrogen) atoms. The van der Waals surface area contributed by atoms with E-state index in [-0.39, 0.29) is 6.54 Å². The molecule has 2 N–H and O–H groups in total. The van der Waals surface area contributed by atoms with Crippen molar-refractivity contribution in [2.75, 3.05) is 6.54 Å². The van der Waals surface area contributed by atoms with E-state index in [9.17, 15) is 9.50 Å². The van der Waals surface area contributed by atoms with E-state index in [2.05, 4.69) is 10.3 Å². The Labute approximate surface area is 116 Å². The minimum absolute atomic E-state index is 0.267. The van der Waals surface area contributed by atoms with Gasteiger partial charge in [-0.15, -0.1) is 0 Å². The highest BCUT2D eigenvalue weighted by Gasteiger charge is 2.11. The van der Waals surface area contributed by atoms with Crippen molar-refractivity contribution in [2.24, 2.45) is 0 Å². The first kappa shape index (κ1) is 13.9. The van der Waals surface area contributed by atoms with E-state index in [1.165, 1.54) is 6.07 Å². The lowest BCUT2D eigenvalue weighted by atomic mass is 10.1. The molecule has 1 aromatic heterocycles. The maximum Gasteiger partial charge on any atom is 0.129 e. The van der Waals surface area contributed by atoms with Gasteiger partial charge in [0, 0.05) is 24.8 Å². The number of rotatable bonds is 5. The van der Waals surface area contributed by atoms with Gasteiger partial charge in [-0.2, -0.15) is 0 Å². The summed E-state index contributed by atoms with van der Waals surface area (Å²) in [6.07, 6.45) is 0.784. The number of aliphatic hydroxyl groups is 1. The summed E-state index contributed by atoms with van der Waals surface area (Å²) in [5.41, 5.74) is 1.24. The second-order valence-corrected chi connectivity index (χ2v) is 4.54. The summed E-state index contributed by atoms with van der Waals surface area (Å²) in [6, 6.07) is 9.75. The van der Waals surface area contributed by atoms with Gasteiger partial charge in [-0.25, -0.2) is 9.37 Å². The Morgan fingerprint density at radius 3 is 2.74 bits per heavy atom. The second kappa shape index (κ2) is 6.61. The fraction of sp³-hybridized carbons (Fsp3) is 0.214. The monoisotopic (exact) mass is 280 g/mol. The van der Waals surface area contributed by atoms with Gasteiger partial charge in [0.25, 0.3) is 0 Å². The summed E-state index contributed by atoms with van der Waals surface area (Å²) in [7, 11) is 0. The SMILES string of the molecule is OC(CNCc1ccc(Cl)nc1)c1ccccc1F. The van der Waals surface area contributed by atoms with E-state index in [1.54, 1.807) is 30.5 Å². The minimum atomic E-state index is -0.874. The lowest BCUT2D eigenvalue weighted by molar-refractivity contribution is 0.169. The summed E-state index contributed by atoms with van der Waals surface area (Å²) in [5, 5.41) is 13.4. The number of hydrogen-bond acceptors (Lipinski definition) is 3. The van der Waals surface area contributed by atoms with Crippen LogP contribution in [0.15, 0.2) is 42.6 Å². The molecule has 0 saturated heterocycles. The zero-order valence-electron chi connectivity index (χ0n) is 10.2. The molecule has 2 aromatic rings. The smallest absolute Gasteiger partial charge is 0.129 e. The van der Waals surface area contributed by atoms with E-state index in [1.807, 2.05) is 6.07 Å². The molecule has 100 valence electrons. The lowest BCUT2D eigenvalue weighted by Crippen LogP contribution is -2.21. The number of halogens is 2. The van der Waals surface area contributed by atoms with Crippen LogP contribution in [0.5, 0.6) is 0 Å².